The van der Waals surface area contributed by atoms with Crippen molar-refractivity contribution >= 4 is 11.9 Å². The number of rotatable bonds is 2. The second kappa shape index (κ2) is 4.29. The summed E-state index contributed by atoms with van der Waals surface area (Å²) in [7, 11) is 0. The number of amidine groups is 1. The third-order valence-corrected chi connectivity index (χ3v) is 1.94. The topological polar surface area (TPSA) is 49.9 Å². The van der Waals surface area contributed by atoms with Crippen LogP contribution in [0.5, 0.6) is 0 Å². The van der Waals surface area contributed by atoms with Crippen LogP contribution in [0.25, 0.3) is 6.08 Å². The molecule has 3 N–H and O–H groups in total. The number of hydrogen-bond acceptors (Lipinski definition) is 1. The molecule has 0 fully saturated rings. The van der Waals surface area contributed by atoms with Crippen molar-refractivity contribution in [1.29, 1.82) is 5.41 Å². The molecule has 70 valence electrons. The van der Waals surface area contributed by atoms with E-state index in [0.717, 1.165) is 16.7 Å². The summed E-state index contributed by atoms with van der Waals surface area (Å²) in [6.45, 7) is 1.96. The Morgan fingerprint density at radius 3 is 2.79 bits per heavy atom. The zero-order chi connectivity index (χ0) is 10.6. The number of nitrogen functional groups attached to an aromatic ring is 1. The van der Waals surface area contributed by atoms with E-state index in [4.69, 9.17) is 17.6 Å². The highest BCUT2D eigenvalue weighted by Crippen LogP contribution is 2.12. The van der Waals surface area contributed by atoms with E-state index in [2.05, 4.69) is 5.92 Å². The second-order valence-electron chi connectivity index (χ2n) is 2.99. The smallest absolute Gasteiger partial charge is 0.122 e. The van der Waals surface area contributed by atoms with Gasteiger partial charge < -0.3 is 5.73 Å². The first kappa shape index (κ1) is 10.1. The molecule has 0 spiro atoms. The van der Waals surface area contributed by atoms with Crippen LogP contribution in [0.2, 0.25) is 0 Å². The van der Waals surface area contributed by atoms with Gasteiger partial charge in [0.05, 0.1) is 0 Å². The van der Waals surface area contributed by atoms with Crippen molar-refractivity contribution in [1.82, 2.24) is 0 Å². The number of allylic oxidation sites excluding steroid dienone is 1. The van der Waals surface area contributed by atoms with Gasteiger partial charge in [0.2, 0.25) is 0 Å². The van der Waals surface area contributed by atoms with Crippen LogP contribution >= 0.6 is 0 Å². The molecule has 2 nitrogen and oxygen atoms in total. The summed E-state index contributed by atoms with van der Waals surface area (Å²) in [5.41, 5.74) is 8.21. The summed E-state index contributed by atoms with van der Waals surface area (Å²) in [5, 5.41) is 7.27. The molecular weight excluding hydrogens is 172 g/mol. The SMILES string of the molecule is C#C/C=C\c1ccc(C(=N)N)cc1C. The van der Waals surface area contributed by atoms with Gasteiger partial charge in [-0.25, -0.2) is 0 Å². The highest BCUT2D eigenvalue weighted by Gasteiger charge is 1.98. The van der Waals surface area contributed by atoms with E-state index in [1.54, 1.807) is 6.08 Å². The fraction of sp³-hybridized carbons (Fsp3) is 0.0833. The predicted molar refractivity (Wildman–Crippen MR) is 60.1 cm³/mol. The minimum absolute atomic E-state index is 0.0839. The van der Waals surface area contributed by atoms with Gasteiger partial charge in [-0.2, -0.15) is 0 Å². The fourth-order valence-corrected chi connectivity index (χ4v) is 1.17. The second-order valence-corrected chi connectivity index (χ2v) is 2.99. The van der Waals surface area contributed by atoms with Crippen LogP contribution < -0.4 is 5.73 Å². The van der Waals surface area contributed by atoms with E-state index >= 15 is 0 Å². The van der Waals surface area contributed by atoms with Crippen molar-refractivity contribution in [3.8, 4) is 12.3 Å². The van der Waals surface area contributed by atoms with Gasteiger partial charge >= 0.3 is 0 Å². The Bertz CT molecular complexity index is 422. The van der Waals surface area contributed by atoms with Gasteiger partial charge in [0.1, 0.15) is 5.84 Å². The molecule has 0 bridgehead atoms. The molecule has 0 radical (unpaired) electrons. The molecule has 0 aliphatic heterocycles. The molecule has 0 aliphatic carbocycles. The Morgan fingerprint density at radius 2 is 2.29 bits per heavy atom. The van der Waals surface area contributed by atoms with Crippen LogP contribution in [0.1, 0.15) is 16.7 Å². The number of nitrogens with two attached hydrogens (primary N) is 1. The van der Waals surface area contributed by atoms with Gasteiger partial charge in [-0.15, -0.1) is 6.42 Å². The van der Waals surface area contributed by atoms with Crippen LogP contribution in [-0.2, 0) is 0 Å². The van der Waals surface area contributed by atoms with Crippen LogP contribution in [0.4, 0.5) is 0 Å². The highest BCUT2D eigenvalue weighted by atomic mass is 14.7. The normalized spacial score (nSPS) is 10.0. The number of terminal acetylenes is 1. The summed E-state index contributed by atoms with van der Waals surface area (Å²) < 4.78 is 0. The number of benzene rings is 1. The van der Waals surface area contributed by atoms with Gasteiger partial charge in [0.25, 0.3) is 0 Å². The van der Waals surface area contributed by atoms with E-state index in [0.29, 0.717) is 0 Å². The van der Waals surface area contributed by atoms with Crippen molar-refractivity contribution in [2.45, 2.75) is 6.92 Å². The maximum Gasteiger partial charge on any atom is 0.122 e. The van der Waals surface area contributed by atoms with Crippen molar-refractivity contribution in [2.24, 2.45) is 5.73 Å². The Labute approximate surface area is 84.0 Å². The van der Waals surface area contributed by atoms with Crippen LogP contribution in [0, 0.1) is 24.7 Å². The van der Waals surface area contributed by atoms with Crippen LogP contribution in [0.3, 0.4) is 0 Å². The van der Waals surface area contributed by atoms with E-state index in [1.807, 2.05) is 31.2 Å². The molecule has 2 heteroatoms. The van der Waals surface area contributed by atoms with Crippen molar-refractivity contribution < 1.29 is 0 Å². The van der Waals surface area contributed by atoms with Crippen molar-refractivity contribution in [2.75, 3.05) is 0 Å². The molecule has 1 rings (SSSR count). The maximum absolute atomic E-state index is 7.27. The summed E-state index contributed by atoms with van der Waals surface area (Å²) >= 11 is 0. The fourth-order valence-electron chi connectivity index (χ4n) is 1.17. The quantitative estimate of drug-likeness (QED) is 0.412. The molecule has 0 amide bonds. The van der Waals surface area contributed by atoms with Crippen LogP contribution in [-0.4, -0.2) is 5.84 Å². The molecule has 0 saturated carbocycles. The minimum atomic E-state index is 0.0839. The molecule has 1 aromatic rings. The van der Waals surface area contributed by atoms with Crippen LogP contribution in [0.15, 0.2) is 24.3 Å². The van der Waals surface area contributed by atoms with E-state index in [-0.39, 0.29) is 5.84 Å². The lowest BCUT2D eigenvalue weighted by Crippen LogP contribution is -2.11. The summed E-state index contributed by atoms with van der Waals surface area (Å²) in [6.07, 6.45) is 8.62. The lowest BCUT2D eigenvalue weighted by Gasteiger charge is -2.03. The average Bonchev–Trinajstić information content (AvgIpc) is 2.15. The van der Waals surface area contributed by atoms with Gasteiger partial charge in [0, 0.05) is 5.56 Å². The van der Waals surface area contributed by atoms with E-state index in [9.17, 15) is 0 Å². The van der Waals surface area contributed by atoms with Crippen molar-refractivity contribution in [3.05, 3.63) is 41.0 Å². The van der Waals surface area contributed by atoms with Gasteiger partial charge in [-0.3, -0.25) is 5.41 Å². The largest absolute Gasteiger partial charge is 0.384 e. The van der Waals surface area contributed by atoms with E-state index < -0.39 is 0 Å². The average molecular weight is 184 g/mol. The monoisotopic (exact) mass is 184 g/mol. The molecule has 0 atom stereocenters. The van der Waals surface area contributed by atoms with Crippen molar-refractivity contribution in [3.63, 3.8) is 0 Å². The Balaban J connectivity index is 3.09. The van der Waals surface area contributed by atoms with Gasteiger partial charge in [0.15, 0.2) is 0 Å². The number of nitrogens with one attached hydrogen (secondary N) is 1. The third kappa shape index (κ3) is 2.24. The van der Waals surface area contributed by atoms with E-state index in [1.165, 1.54) is 0 Å². The minimum Gasteiger partial charge on any atom is -0.384 e. The molecule has 0 unspecified atom stereocenters. The summed E-state index contributed by atoms with van der Waals surface area (Å²) in [4.78, 5) is 0. The molecule has 0 heterocycles. The first-order valence-corrected chi connectivity index (χ1v) is 4.23. The Kier molecular flexibility index (Phi) is 3.09. The highest BCUT2D eigenvalue weighted by molar-refractivity contribution is 5.95. The molecule has 0 aliphatic rings. The molecule has 0 aromatic heterocycles. The zero-order valence-corrected chi connectivity index (χ0v) is 8.04. The lowest BCUT2D eigenvalue weighted by atomic mass is 10.0. The first-order valence-electron chi connectivity index (χ1n) is 4.23. The summed E-state index contributed by atoms with van der Waals surface area (Å²) in [5.74, 6) is 2.52. The lowest BCUT2D eigenvalue weighted by molar-refractivity contribution is 1.38. The van der Waals surface area contributed by atoms with Gasteiger partial charge in [-0.05, 0) is 36.3 Å². The summed E-state index contributed by atoms with van der Waals surface area (Å²) in [6, 6.07) is 5.59. The standard InChI is InChI=1S/C12H12N2/c1-3-4-5-10-6-7-11(12(13)14)8-9(10)2/h1,4-8H,2H3,(H3,13,14)/b5-4-. The maximum atomic E-state index is 7.27. The zero-order valence-electron chi connectivity index (χ0n) is 8.04. The third-order valence-electron chi connectivity index (χ3n) is 1.94. The predicted octanol–water partition coefficient (Wildman–Crippen LogP) is 1.93. The van der Waals surface area contributed by atoms with Gasteiger partial charge in [-0.1, -0.05) is 18.1 Å². The first-order chi connectivity index (χ1) is 6.65. The Morgan fingerprint density at radius 1 is 1.57 bits per heavy atom. The molecule has 1 aromatic carbocycles. The Hall–Kier alpha value is -2.01. The number of aryl methyl sites for hydroxylation is 1. The molecule has 14 heavy (non-hydrogen) atoms. The molecular formula is C12H12N2. The molecule has 0 saturated heterocycles. The number of hydrogen-bond donors (Lipinski definition) is 2.